The minimum atomic E-state index is 0.736. The van der Waals surface area contributed by atoms with Crippen LogP contribution in [0.4, 0.5) is 0 Å². The number of hydrogen-bond donors (Lipinski definition) is 2. The third-order valence-electron chi connectivity index (χ3n) is 3.84. The quantitative estimate of drug-likeness (QED) is 0.320. The van der Waals surface area contributed by atoms with E-state index < -0.39 is 0 Å². The maximum Gasteiger partial charge on any atom is 0.191 e. The number of benzene rings is 1. The predicted molar refractivity (Wildman–Crippen MR) is 109 cm³/mol. The summed E-state index contributed by atoms with van der Waals surface area (Å²) in [5.41, 5.74) is 1.20. The molecule has 0 amide bonds. The molecule has 1 rings (SSSR count). The molecule has 6 heteroatoms. The van der Waals surface area contributed by atoms with Crippen molar-refractivity contribution in [3.8, 4) is 5.75 Å². The highest BCUT2D eigenvalue weighted by Crippen LogP contribution is 2.12. The Morgan fingerprint density at radius 1 is 1.04 bits per heavy atom. The Morgan fingerprint density at radius 2 is 1.81 bits per heavy atom. The lowest BCUT2D eigenvalue weighted by Gasteiger charge is -2.13. The Balaban J connectivity index is 2.22. The summed E-state index contributed by atoms with van der Waals surface area (Å²) in [5, 5.41) is 6.66. The Bertz CT molecular complexity index is 489. The van der Waals surface area contributed by atoms with E-state index in [0.717, 1.165) is 70.4 Å². The Labute approximate surface area is 159 Å². The summed E-state index contributed by atoms with van der Waals surface area (Å²) in [6.45, 7) is 7.06. The summed E-state index contributed by atoms with van der Waals surface area (Å²) in [4.78, 5) is 6.42. The highest BCUT2D eigenvalue weighted by atomic mass is 16.5. The normalized spacial score (nSPS) is 11.7. The number of guanidine groups is 1. The van der Waals surface area contributed by atoms with E-state index >= 15 is 0 Å². The second-order valence-corrected chi connectivity index (χ2v) is 6.41. The lowest BCUT2D eigenvalue weighted by Crippen LogP contribution is -2.37. The number of ether oxygens (including phenoxy) is 2. The van der Waals surface area contributed by atoms with E-state index in [1.807, 2.05) is 19.1 Å². The molecule has 1 aromatic carbocycles. The molecule has 0 spiro atoms. The molecule has 0 aliphatic rings. The van der Waals surface area contributed by atoms with Crippen LogP contribution in [0.3, 0.4) is 0 Å². The molecule has 26 heavy (non-hydrogen) atoms. The summed E-state index contributed by atoms with van der Waals surface area (Å²) >= 11 is 0. The molecule has 0 fully saturated rings. The summed E-state index contributed by atoms with van der Waals surface area (Å²) in [6, 6.07) is 8.22. The highest BCUT2D eigenvalue weighted by Gasteiger charge is 2.00. The van der Waals surface area contributed by atoms with Gasteiger partial charge in [0.1, 0.15) is 5.75 Å². The molecule has 6 nitrogen and oxygen atoms in total. The standard InChI is InChI=1S/C20H36N4O2/c1-5-25-15-7-6-13-22-20(21-2)23-17-18-9-11-19(12-10-18)26-16-8-14-24(3)4/h9-12H,5-8,13-17H2,1-4H3,(H2,21,22,23). The largest absolute Gasteiger partial charge is 0.494 e. The van der Waals surface area contributed by atoms with Crippen molar-refractivity contribution in [1.82, 2.24) is 15.5 Å². The second-order valence-electron chi connectivity index (χ2n) is 6.41. The van der Waals surface area contributed by atoms with Crippen LogP contribution >= 0.6 is 0 Å². The first-order valence-electron chi connectivity index (χ1n) is 9.54. The van der Waals surface area contributed by atoms with Crippen molar-refractivity contribution in [1.29, 1.82) is 0 Å². The van der Waals surface area contributed by atoms with Crippen molar-refractivity contribution in [2.45, 2.75) is 32.7 Å². The van der Waals surface area contributed by atoms with E-state index in [1.54, 1.807) is 7.05 Å². The van der Waals surface area contributed by atoms with Crippen molar-refractivity contribution in [2.24, 2.45) is 4.99 Å². The molecule has 2 N–H and O–H groups in total. The smallest absolute Gasteiger partial charge is 0.191 e. The van der Waals surface area contributed by atoms with Crippen LogP contribution in [0.5, 0.6) is 5.75 Å². The zero-order valence-electron chi connectivity index (χ0n) is 16.9. The molecular weight excluding hydrogens is 328 g/mol. The molecule has 0 saturated carbocycles. The van der Waals surface area contributed by atoms with Crippen molar-refractivity contribution in [2.75, 3.05) is 54.1 Å². The van der Waals surface area contributed by atoms with Crippen LogP contribution in [0.25, 0.3) is 0 Å². The van der Waals surface area contributed by atoms with E-state index in [9.17, 15) is 0 Å². The first-order valence-corrected chi connectivity index (χ1v) is 9.54. The first-order chi connectivity index (χ1) is 12.7. The van der Waals surface area contributed by atoms with Crippen LogP contribution in [0.2, 0.25) is 0 Å². The minimum absolute atomic E-state index is 0.736. The maximum absolute atomic E-state index is 5.76. The van der Waals surface area contributed by atoms with Gasteiger partial charge in [-0.15, -0.1) is 0 Å². The number of aliphatic imine (C=N–C) groups is 1. The molecule has 0 bridgehead atoms. The van der Waals surface area contributed by atoms with Crippen molar-refractivity contribution in [3.63, 3.8) is 0 Å². The van der Waals surface area contributed by atoms with Gasteiger partial charge in [0.05, 0.1) is 6.61 Å². The number of nitrogens with one attached hydrogen (secondary N) is 2. The van der Waals surface area contributed by atoms with Gasteiger partial charge >= 0.3 is 0 Å². The zero-order chi connectivity index (χ0) is 19.0. The lowest BCUT2D eigenvalue weighted by atomic mass is 10.2. The van der Waals surface area contributed by atoms with E-state index in [4.69, 9.17) is 9.47 Å². The predicted octanol–water partition coefficient (Wildman–Crippen LogP) is 2.50. The number of rotatable bonds is 13. The van der Waals surface area contributed by atoms with Crippen LogP contribution < -0.4 is 15.4 Å². The van der Waals surface area contributed by atoms with E-state index in [0.29, 0.717) is 0 Å². The van der Waals surface area contributed by atoms with Gasteiger partial charge in [0.25, 0.3) is 0 Å². The highest BCUT2D eigenvalue weighted by molar-refractivity contribution is 5.79. The maximum atomic E-state index is 5.76. The third kappa shape index (κ3) is 10.9. The van der Waals surface area contributed by atoms with Crippen LogP contribution in [0.1, 0.15) is 31.7 Å². The van der Waals surface area contributed by atoms with E-state index in [-0.39, 0.29) is 0 Å². The molecule has 0 aliphatic carbocycles. The van der Waals surface area contributed by atoms with Gasteiger partial charge in [-0.25, -0.2) is 0 Å². The Hall–Kier alpha value is -1.79. The lowest BCUT2D eigenvalue weighted by molar-refractivity contribution is 0.143. The fourth-order valence-corrected chi connectivity index (χ4v) is 2.36. The fraction of sp³-hybridized carbons (Fsp3) is 0.650. The molecule has 0 aliphatic heterocycles. The number of unbranched alkanes of at least 4 members (excludes halogenated alkanes) is 1. The summed E-state index contributed by atoms with van der Waals surface area (Å²) in [5.74, 6) is 1.75. The third-order valence-corrected chi connectivity index (χ3v) is 3.84. The van der Waals surface area contributed by atoms with Crippen LogP contribution in [0, 0.1) is 0 Å². The average Bonchev–Trinajstić information content (AvgIpc) is 2.65. The molecule has 148 valence electrons. The van der Waals surface area contributed by atoms with Gasteiger partial charge in [0.2, 0.25) is 0 Å². The van der Waals surface area contributed by atoms with E-state index in [2.05, 4.69) is 46.8 Å². The molecule has 0 unspecified atom stereocenters. The van der Waals surface area contributed by atoms with Gasteiger partial charge < -0.3 is 25.0 Å². The van der Waals surface area contributed by atoms with Crippen molar-refractivity contribution < 1.29 is 9.47 Å². The van der Waals surface area contributed by atoms with Crippen LogP contribution in [0.15, 0.2) is 29.3 Å². The monoisotopic (exact) mass is 364 g/mol. The van der Waals surface area contributed by atoms with Crippen LogP contribution in [-0.4, -0.2) is 64.9 Å². The summed E-state index contributed by atoms with van der Waals surface area (Å²) < 4.78 is 11.1. The van der Waals surface area contributed by atoms with Gasteiger partial charge in [0.15, 0.2) is 5.96 Å². The number of nitrogens with zero attached hydrogens (tertiary/aromatic N) is 2. The molecule has 0 saturated heterocycles. The minimum Gasteiger partial charge on any atom is -0.494 e. The van der Waals surface area contributed by atoms with Gasteiger partial charge in [-0.3, -0.25) is 4.99 Å². The van der Waals surface area contributed by atoms with Gasteiger partial charge in [-0.2, -0.15) is 0 Å². The van der Waals surface area contributed by atoms with Crippen molar-refractivity contribution in [3.05, 3.63) is 29.8 Å². The molecule has 0 radical (unpaired) electrons. The van der Waals surface area contributed by atoms with Gasteiger partial charge in [-0.1, -0.05) is 12.1 Å². The van der Waals surface area contributed by atoms with Crippen LogP contribution in [-0.2, 0) is 11.3 Å². The summed E-state index contributed by atoms with van der Waals surface area (Å²) in [7, 11) is 5.94. The number of hydrogen-bond acceptors (Lipinski definition) is 4. The molecular formula is C20H36N4O2. The fourth-order valence-electron chi connectivity index (χ4n) is 2.36. The molecule has 1 aromatic rings. The zero-order valence-corrected chi connectivity index (χ0v) is 16.9. The SMILES string of the molecule is CCOCCCCNC(=NC)NCc1ccc(OCCCN(C)C)cc1. The average molecular weight is 365 g/mol. The molecule has 0 heterocycles. The second kappa shape index (κ2) is 14.4. The van der Waals surface area contributed by atoms with Crippen molar-refractivity contribution >= 4 is 5.96 Å². The summed E-state index contributed by atoms with van der Waals surface area (Å²) in [6.07, 6.45) is 3.16. The van der Waals surface area contributed by atoms with Gasteiger partial charge in [-0.05, 0) is 58.0 Å². The molecule has 0 atom stereocenters. The van der Waals surface area contributed by atoms with Gasteiger partial charge in [0, 0.05) is 39.9 Å². The first kappa shape index (κ1) is 22.3. The Kier molecular flexibility index (Phi) is 12.3. The van der Waals surface area contributed by atoms with E-state index in [1.165, 1.54) is 5.56 Å². The molecule has 0 aromatic heterocycles. The Morgan fingerprint density at radius 3 is 2.46 bits per heavy atom. The topological polar surface area (TPSA) is 58.1 Å².